The van der Waals surface area contributed by atoms with Gasteiger partial charge in [0, 0.05) is 22.4 Å². The minimum atomic E-state index is -0.740. The molecule has 0 bridgehead atoms. The third-order valence-corrected chi connectivity index (χ3v) is 6.56. The molecule has 1 aromatic heterocycles. The zero-order chi connectivity index (χ0) is 25.1. The smallest absolute Gasteiger partial charge is 0.268 e. The number of Topliss-reactive ketones (excluding diaryl/α,β-unsaturated/α-hetero) is 1. The van der Waals surface area contributed by atoms with Crippen molar-refractivity contribution in [2.75, 3.05) is 23.9 Å². The molecule has 1 aliphatic heterocycles. The number of carbonyl (C=O) groups is 3. The van der Waals surface area contributed by atoms with Crippen LogP contribution in [0, 0.1) is 6.92 Å². The number of ketones is 1. The number of nitrogens with zero attached hydrogens (tertiary/aromatic N) is 2. The Morgan fingerprint density at radius 2 is 1.94 bits per heavy atom. The molecule has 1 unspecified atom stereocenters. The minimum absolute atomic E-state index is 0.0184. The molecule has 9 heteroatoms. The fraction of sp³-hybridized carbons (Fsp3) is 0.308. The highest BCUT2D eigenvalue weighted by Crippen LogP contribution is 2.36. The van der Waals surface area contributed by atoms with Gasteiger partial charge in [-0.15, -0.1) is 11.3 Å². The van der Waals surface area contributed by atoms with Crippen molar-refractivity contribution in [3.63, 3.8) is 0 Å². The summed E-state index contributed by atoms with van der Waals surface area (Å²) in [5.41, 5.74) is 2.59. The second kappa shape index (κ2) is 10.3. The van der Waals surface area contributed by atoms with Crippen LogP contribution in [0.25, 0.3) is 11.3 Å². The summed E-state index contributed by atoms with van der Waals surface area (Å²) in [4.78, 5) is 45.1. The highest BCUT2D eigenvalue weighted by molar-refractivity contribution is 7.16. The van der Waals surface area contributed by atoms with Crippen LogP contribution in [0.5, 0.6) is 11.5 Å². The number of aryl methyl sites for hydroxylation is 1. The van der Waals surface area contributed by atoms with Gasteiger partial charge in [0.2, 0.25) is 5.91 Å². The van der Waals surface area contributed by atoms with Crippen molar-refractivity contribution in [3.8, 4) is 22.8 Å². The van der Waals surface area contributed by atoms with Crippen LogP contribution in [-0.2, 0) is 9.59 Å². The van der Waals surface area contributed by atoms with E-state index >= 15 is 0 Å². The van der Waals surface area contributed by atoms with Crippen molar-refractivity contribution in [3.05, 3.63) is 52.9 Å². The summed E-state index contributed by atoms with van der Waals surface area (Å²) in [6.07, 6.45) is 0.390. The fourth-order valence-corrected chi connectivity index (χ4v) is 4.74. The summed E-state index contributed by atoms with van der Waals surface area (Å²) in [6.45, 7) is 5.28. The van der Waals surface area contributed by atoms with Crippen LogP contribution in [-0.4, -0.2) is 42.3 Å². The SMILES string of the molecule is CCCC(=O)c1ccc2c(c1)N(CC(=O)Nc1nc(-c3ccc(OC)cc3)c(C)s1)C(=O)C(C)O2. The van der Waals surface area contributed by atoms with Crippen molar-refractivity contribution in [2.24, 2.45) is 0 Å². The van der Waals surface area contributed by atoms with Gasteiger partial charge in [-0.3, -0.25) is 19.3 Å². The summed E-state index contributed by atoms with van der Waals surface area (Å²) in [5, 5.41) is 3.25. The number of hydrogen-bond donors (Lipinski definition) is 1. The quantitative estimate of drug-likeness (QED) is 0.450. The third kappa shape index (κ3) is 5.19. The van der Waals surface area contributed by atoms with Crippen molar-refractivity contribution >= 4 is 39.8 Å². The first-order valence-corrected chi connectivity index (χ1v) is 12.2. The molecule has 0 aliphatic carbocycles. The molecule has 2 amide bonds. The Morgan fingerprint density at radius 3 is 2.63 bits per heavy atom. The van der Waals surface area contributed by atoms with Gasteiger partial charge in [-0.2, -0.15) is 0 Å². The normalized spacial score (nSPS) is 14.8. The highest BCUT2D eigenvalue weighted by Gasteiger charge is 2.33. The number of thiazole rings is 1. The lowest BCUT2D eigenvalue weighted by atomic mass is 10.0. The molecule has 182 valence electrons. The number of ether oxygens (including phenoxy) is 2. The van der Waals surface area contributed by atoms with Gasteiger partial charge in [0.05, 0.1) is 18.5 Å². The van der Waals surface area contributed by atoms with Crippen molar-refractivity contribution in [2.45, 2.75) is 39.7 Å². The van der Waals surface area contributed by atoms with Gasteiger partial charge >= 0.3 is 0 Å². The highest BCUT2D eigenvalue weighted by atomic mass is 32.1. The van der Waals surface area contributed by atoms with Crippen LogP contribution in [0.15, 0.2) is 42.5 Å². The molecule has 35 heavy (non-hydrogen) atoms. The second-order valence-electron chi connectivity index (χ2n) is 8.24. The van der Waals surface area contributed by atoms with E-state index in [9.17, 15) is 14.4 Å². The first kappa shape index (κ1) is 24.4. The summed E-state index contributed by atoms with van der Waals surface area (Å²) in [5.74, 6) is 0.458. The molecular weight excluding hydrogens is 466 g/mol. The molecule has 3 aromatic rings. The molecule has 1 aliphatic rings. The van der Waals surface area contributed by atoms with Gasteiger partial charge in [-0.1, -0.05) is 6.92 Å². The van der Waals surface area contributed by atoms with E-state index in [1.807, 2.05) is 38.1 Å². The van der Waals surface area contributed by atoms with Gasteiger partial charge in [-0.25, -0.2) is 4.98 Å². The average molecular weight is 494 g/mol. The Bertz CT molecular complexity index is 1270. The number of aromatic nitrogens is 1. The maximum atomic E-state index is 12.9. The topological polar surface area (TPSA) is 97.8 Å². The number of anilines is 2. The predicted octanol–water partition coefficient (Wildman–Crippen LogP) is 4.86. The zero-order valence-corrected chi connectivity index (χ0v) is 20.9. The molecule has 4 rings (SSSR count). The Morgan fingerprint density at radius 1 is 1.20 bits per heavy atom. The molecule has 0 saturated heterocycles. The van der Waals surface area contributed by atoms with E-state index in [1.165, 1.54) is 16.2 Å². The third-order valence-electron chi connectivity index (χ3n) is 5.67. The van der Waals surface area contributed by atoms with Crippen LogP contribution in [0.4, 0.5) is 10.8 Å². The lowest BCUT2D eigenvalue weighted by molar-refractivity contribution is -0.127. The van der Waals surface area contributed by atoms with Crippen LogP contribution in [0.2, 0.25) is 0 Å². The number of fused-ring (bicyclic) bond motifs is 1. The zero-order valence-electron chi connectivity index (χ0n) is 20.1. The van der Waals surface area contributed by atoms with Gasteiger partial charge in [-0.05, 0) is 62.7 Å². The van der Waals surface area contributed by atoms with Crippen molar-refractivity contribution < 1.29 is 23.9 Å². The number of methoxy groups -OCH3 is 1. The minimum Gasteiger partial charge on any atom is -0.497 e. The number of hydrogen-bond acceptors (Lipinski definition) is 7. The van der Waals surface area contributed by atoms with Crippen molar-refractivity contribution in [1.29, 1.82) is 0 Å². The second-order valence-corrected chi connectivity index (χ2v) is 9.44. The summed E-state index contributed by atoms with van der Waals surface area (Å²) in [7, 11) is 1.61. The first-order valence-electron chi connectivity index (χ1n) is 11.4. The largest absolute Gasteiger partial charge is 0.497 e. The van der Waals surface area contributed by atoms with E-state index in [0.717, 1.165) is 28.3 Å². The molecule has 0 radical (unpaired) electrons. The molecule has 0 spiro atoms. The van der Waals surface area contributed by atoms with Crippen LogP contribution in [0.3, 0.4) is 0 Å². The summed E-state index contributed by atoms with van der Waals surface area (Å²) in [6, 6.07) is 12.5. The molecule has 1 N–H and O–H groups in total. The van der Waals surface area contributed by atoms with E-state index in [1.54, 1.807) is 32.2 Å². The maximum Gasteiger partial charge on any atom is 0.268 e. The lowest BCUT2D eigenvalue weighted by Gasteiger charge is -2.32. The monoisotopic (exact) mass is 493 g/mol. The number of carbonyl (C=O) groups excluding carboxylic acids is 3. The van der Waals surface area contributed by atoms with E-state index in [0.29, 0.717) is 28.6 Å². The predicted molar refractivity (Wildman–Crippen MR) is 136 cm³/mol. The Balaban J connectivity index is 1.53. The number of nitrogens with one attached hydrogen (secondary N) is 1. The maximum absolute atomic E-state index is 12.9. The number of amides is 2. The van der Waals surface area contributed by atoms with Crippen LogP contribution < -0.4 is 19.7 Å². The fourth-order valence-electron chi connectivity index (χ4n) is 3.88. The standard InChI is InChI=1S/C26H27N3O5S/c1-5-6-21(30)18-9-12-22-20(13-18)29(25(32)15(2)34-22)14-23(31)27-26-28-24(16(3)35-26)17-7-10-19(33-4)11-8-17/h7-13,15H,5-6,14H2,1-4H3,(H,27,28,31). The average Bonchev–Trinajstić information content (AvgIpc) is 3.21. The van der Waals surface area contributed by atoms with E-state index in [-0.39, 0.29) is 18.2 Å². The Kier molecular flexibility index (Phi) is 7.16. The van der Waals surface area contributed by atoms with Crippen molar-refractivity contribution in [1.82, 2.24) is 4.98 Å². The van der Waals surface area contributed by atoms with Gasteiger partial charge in [0.15, 0.2) is 17.0 Å². The van der Waals surface area contributed by atoms with E-state index < -0.39 is 12.0 Å². The number of benzene rings is 2. The van der Waals surface area contributed by atoms with Gasteiger partial charge < -0.3 is 14.8 Å². The van der Waals surface area contributed by atoms with E-state index in [2.05, 4.69) is 10.3 Å². The lowest BCUT2D eigenvalue weighted by Crippen LogP contribution is -2.47. The molecule has 8 nitrogen and oxygen atoms in total. The number of rotatable bonds is 8. The Labute approximate surface area is 207 Å². The Hall–Kier alpha value is -3.72. The first-order chi connectivity index (χ1) is 16.8. The van der Waals surface area contributed by atoms with E-state index in [4.69, 9.17) is 9.47 Å². The molecule has 0 fully saturated rings. The molecule has 2 heterocycles. The van der Waals surface area contributed by atoms with Gasteiger partial charge in [0.25, 0.3) is 5.91 Å². The summed E-state index contributed by atoms with van der Waals surface area (Å²) >= 11 is 1.36. The molecule has 0 saturated carbocycles. The molecule has 1 atom stereocenters. The molecular formula is C26H27N3O5S. The van der Waals surface area contributed by atoms with Gasteiger partial charge in [0.1, 0.15) is 18.0 Å². The molecule has 2 aromatic carbocycles. The van der Waals surface area contributed by atoms with Crippen LogP contribution >= 0.6 is 11.3 Å². The van der Waals surface area contributed by atoms with Crippen LogP contribution in [0.1, 0.15) is 41.9 Å². The summed E-state index contributed by atoms with van der Waals surface area (Å²) < 4.78 is 10.9.